The SMILES string of the molecule is Cc1ccccc1CNC(=O)CN1CCOC[C@@H](O)C1. The Balaban J connectivity index is 1.79. The van der Waals surface area contributed by atoms with Gasteiger partial charge in [0.25, 0.3) is 0 Å². The third kappa shape index (κ3) is 4.59. The van der Waals surface area contributed by atoms with Crippen molar-refractivity contribution in [2.45, 2.75) is 19.6 Å². The second kappa shape index (κ2) is 7.38. The van der Waals surface area contributed by atoms with Crippen molar-refractivity contribution in [1.82, 2.24) is 10.2 Å². The average molecular weight is 278 g/mol. The topological polar surface area (TPSA) is 61.8 Å². The van der Waals surface area contributed by atoms with Gasteiger partial charge >= 0.3 is 0 Å². The van der Waals surface area contributed by atoms with Crippen LogP contribution in [0.4, 0.5) is 0 Å². The van der Waals surface area contributed by atoms with Crippen LogP contribution in [0.15, 0.2) is 24.3 Å². The number of carbonyl (C=O) groups excluding carboxylic acids is 1. The molecule has 2 N–H and O–H groups in total. The van der Waals surface area contributed by atoms with Gasteiger partial charge in [0.05, 0.1) is 25.9 Å². The number of amides is 1. The quantitative estimate of drug-likeness (QED) is 0.832. The molecule has 5 heteroatoms. The van der Waals surface area contributed by atoms with Gasteiger partial charge in [-0.15, -0.1) is 0 Å². The van der Waals surface area contributed by atoms with E-state index in [0.29, 0.717) is 39.4 Å². The van der Waals surface area contributed by atoms with E-state index in [1.807, 2.05) is 36.1 Å². The molecule has 0 aromatic heterocycles. The minimum atomic E-state index is -0.512. The fourth-order valence-corrected chi connectivity index (χ4v) is 2.26. The van der Waals surface area contributed by atoms with Gasteiger partial charge < -0.3 is 15.2 Å². The molecule has 1 aliphatic rings. The summed E-state index contributed by atoms with van der Waals surface area (Å²) in [5.74, 6) is -0.0256. The zero-order valence-corrected chi connectivity index (χ0v) is 11.8. The van der Waals surface area contributed by atoms with E-state index in [1.165, 1.54) is 5.56 Å². The van der Waals surface area contributed by atoms with Crippen LogP contribution in [-0.4, -0.2) is 54.9 Å². The summed E-state index contributed by atoms with van der Waals surface area (Å²) in [6.07, 6.45) is -0.512. The van der Waals surface area contributed by atoms with Crippen LogP contribution < -0.4 is 5.32 Å². The van der Waals surface area contributed by atoms with Gasteiger partial charge in [-0.2, -0.15) is 0 Å². The molecular formula is C15H22N2O3. The number of hydrogen-bond acceptors (Lipinski definition) is 4. The van der Waals surface area contributed by atoms with Crippen LogP contribution in [0.5, 0.6) is 0 Å². The molecule has 1 aromatic rings. The molecule has 20 heavy (non-hydrogen) atoms. The van der Waals surface area contributed by atoms with Crippen molar-refractivity contribution < 1.29 is 14.6 Å². The van der Waals surface area contributed by atoms with Crippen LogP contribution in [0.2, 0.25) is 0 Å². The predicted octanol–water partition coefficient (Wildman–Crippen LogP) is 0.304. The number of benzene rings is 1. The number of aryl methyl sites for hydroxylation is 1. The maximum Gasteiger partial charge on any atom is 0.234 e. The van der Waals surface area contributed by atoms with Crippen LogP contribution in [0.1, 0.15) is 11.1 Å². The second-order valence-electron chi connectivity index (χ2n) is 5.17. The highest BCUT2D eigenvalue weighted by Gasteiger charge is 2.18. The molecule has 1 aromatic carbocycles. The van der Waals surface area contributed by atoms with Crippen molar-refractivity contribution >= 4 is 5.91 Å². The molecule has 1 heterocycles. The first-order valence-corrected chi connectivity index (χ1v) is 6.94. The highest BCUT2D eigenvalue weighted by molar-refractivity contribution is 5.78. The van der Waals surface area contributed by atoms with Crippen LogP contribution in [0.3, 0.4) is 0 Å². The van der Waals surface area contributed by atoms with Crippen molar-refractivity contribution in [2.75, 3.05) is 32.8 Å². The maximum atomic E-state index is 11.9. The van der Waals surface area contributed by atoms with Gasteiger partial charge in [-0.1, -0.05) is 24.3 Å². The first-order valence-electron chi connectivity index (χ1n) is 6.94. The molecule has 0 saturated carbocycles. The molecule has 1 atom stereocenters. The number of aliphatic hydroxyl groups excluding tert-OH is 1. The van der Waals surface area contributed by atoms with Crippen molar-refractivity contribution in [1.29, 1.82) is 0 Å². The lowest BCUT2D eigenvalue weighted by Gasteiger charge is -2.20. The molecule has 110 valence electrons. The Kier molecular flexibility index (Phi) is 5.52. The average Bonchev–Trinajstić information content (AvgIpc) is 2.62. The Bertz CT molecular complexity index is 450. The van der Waals surface area contributed by atoms with E-state index in [0.717, 1.165) is 5.56 Å². The minimum Gasteiger partial charge on any atom is -0.389 e. The molecule has 0 unspecified atom stereocenters. The van der Waals surface area contributed by atoms with E-state index in [9.17, 15) is 9.90 Å². The lowest BCUT2D eigenvalue weighted by Crippen LogP contribution is -2.40. The van der Waals surface area contributed by atoms with Crippen molar-refractivity contribution in [3.05, 3.63) is 35.4 Å². The Hall–Kier alpha value is -1.43. The lowest BCUT2D eigenvalue weighted by molar-refractivity contribution is -0.122. The number of carbonyl (C=O) groups is 1. The van der Waals surface area contributed by atoms with Crippen LogP contribution in [0, 0.1) is 6.92 Å². The number of nitrogens with one attached hydrogen (secondary N) is 1. The third-order valence-electron chi connectivity index (χ3n) is 3.44. The van der Waals surface area contributed by atoms with E-state index < -0.39 is 6.10 Å². The van der Waals surface area contributed by atoms with Crippen molar-refractivity contribution in [3.8, 4) is 0 Å². The monoisotopic (exact) mass is 278 g/mol. The normalized spacial score (nSPS) is 20.4. The summed E-state index contributed by atoms with van der Waals surface area (Å²) < 4.78 is 5.24. The molecule has 0 aliphatic carbocycles. The third-order valence-corrected chi connectivity index (χ3v) is 3.44. The van der Waals surface area contributed by atoms with E-state index in [2.05, 4.69) is 5.32 Å². The summed E-state index contributed by atoms with van der Waals surface area (Å²) in [4.78, 5) is 13.9. The molecule has 5 nitrogen and oxygen atoms in total. The summed E-state index contributed by atoms with van der Waals surface area (Å²) in [7, 11) is 0. The number of hydrogen-bond donors (Lipinski definition) is 2. The number of β-amino-alcohol motifs (C(OH)–C–C–N with tert-alkyl or cyclic N) is 1. The Morgan fingerprint density at radius 2 is 2.30 bits per heavy atom. The van der Waals surface area contributed by atoms with E-state index in [4.69, 9.17) is 4.74 Å². The molecule has 1 amide bonds. The maximum absolute atomic E-state index is 11.9. The Labute approximate surface area is 119 Å². The van der Waals surface area contributed by atoms with Crippen LogP contribution in [-0.2, 0) is 16.1 Å². The highest BCUT2D eigenvalue weighted by atomic mass is 16.5. The zero-order valence-electron chi connectivity index (χ0n) is 11.8. The molecule has 1 saturated heterocycles. The summed E-state index contributed by atoms with van der Waals surface area (Å²) in [6, 6.07) is 8.00. The van der Waals surface area contributed by atoms with E-state index >= 15 is 0 Å². The summed E-state index contributed by atoms with van der Waals surface area (Å²) >= 11 is 0. The number of aliphatic hydroxyl groups is 1. The molecule has 1 aliphatic heterocycles. The van der Waals surface area contributed by atoms with Gasteiger partial charge in [-0.05, 0) is 18.1 Å². The van der Waals surface area contributed by atoms with Crippen molar-refractivity contribution in [3.63, 3.8) is 0 Å². The largest absolute Gasteiger partial charge is 0.389 e. The summed E-state index contributed by atoms with van der Waals surface area (Å²) in [5, 5.41) is 12.5. The fraction of sp³-hybridized carbons (Fsp3) is 0.533. The van der Waals surface area contributed by atoms with Crippen LogP contribution >= 0.6 is 0 Å². The molecule has 0 radical (unpaired) electrons. The number of rotatable bonds is 4. The number of nitrogens with zero attached hydrogens (tertiary/aromatic N) is 1. The summed E-state index contributed by atoms with van der Waals surface area (Å²) in [5.41, 5.74) is 2.30. The first-order chi connectivity index (χ1) is 9.65. The molecule has 1 fully saturated rings. The summed E-state index contributed by atoms with van der Waals surface area (Å²) in [6.45, 7) is 4.94. The Morgan fingerprint density at radius 1 is 1.50 bits per heavy atom. The zero-order chi connectivity index (χ0) is 14.4. The van der Waals surface area contributed by atoms with Crippen LogP contribution in [0.25, 0.3) is 0 Å². The van der Waals surface area contributed by atoms with Gasteiger partial charge in [0.2, 0.25) is 5.91 Å². The molecule has 0 bridgehead atoms. The van der Waals surface area contributed by atoms with Gasteiger partial charge in [-0.3, -0.25) is 9.69 Å². The predicted molar refractivity (Wildman–Crippen MR) is 76.3 cm³/mol. The Morgan fingerprint density at radius 3 is 3.10 bits per heavy atom. The smallest absolute Gasteiger partial charge is 0.234 e. The molecular weight excluding hydrogens is 256 g/mol. The van der Waals surface area contributed by atoms with Gasteiger partial charge in [0.1, 0.15) is 0 Å². The molecule has 0 spiro atoms. The highest BCUT2D eigenvalue weighted by Crippen LogP contribution is 2.06. The number of ether oxygens (including phenoxy) is 1. The first kappa shape index (κ1) is 15.0. The lowest BCUT2D eigenvalue weighted by atomic mass is 10.1. The second-order valence-corrected chi connectivity index (χ2v) is 5.17. The van der Waals surface area contributed by atoms with E-state index in [1.54, 1.807) is 0 Å². The van der Waals surface area contributed by atoms with Crippen molar-refractivity contribution in [2.24, 2.45) is 0 Å². The fourth-order valence-electron chi connectivity index (χ4n) is 2.26. The van der Waals surface area contributed by atoms with E-state index in [-0.39, 0.29) is 5.91 Å². The standard InChI is InChI=1S/C15H22N2O3/c1-12-4-2-3-5-13(12)8-16-15(19)10-17-6-7-20-11-14(18)9-17/h2-5,14,18H,6-11H2,1H3,(H,16,19)/t14-/m0/s1. The van der Waals surface area contributed by atoms with Gasteiger partial charge in [-0.25, -0.2) is 0 Å². The van der Waals surface area contributed by atoms with Gasteiger partial charge in [0.15, 0.2) is 0 Å². The van der Waals surface area contributed by atoms with Gasteiger partial charge in [0, 0.05) is 19.6 Å². The minimum absolute atomic E-state index is 0.0256. The molecule has 2 rings (SSSR count).